The van der Waals surface area contributed by atoms with E-state index in [9.17, 15) is 14.3 Å². The van der Waals surface area contributed by atoms with Crippen molar-refractivity contribution in [3.63, 3.8) is 0 Å². The van der Waals surface area contributed by atoms with Gasteiger partial charge in [-0.15, -0.1) is 0 Å². The molecular formula is C20H27FN4O2. The van der Waals surface area contributed by atoms with Gasteiger partial charge in [0.2, 0.25) is 0 Å². The van der Waals surface area contributed by atoms with Crippen molar-refractivity contribution in [1.29, 1.82) is 0 Å². The fourth-order valence-corrected chi connectivity index (χ4v) is 3.77. The molecule has 27 heavy (non-hydrogen) atoms. The van der Waals surface area contributed by atoms with Gasteiger partial charge in [0.05, 0.1) is 5.69 Å². The number of aromatic nitrogens is 2. The summed E-state index contributed by atoms with van der Waals surface area (Å²) in [5, 5.41) is 15.4. The summed E-state index contributed by atoms with van der Waals surface area (Å²) in [5.74, 6) is -0.555. The van der Waals surface area contributed by atoms with Gasteiger partial charge in [-0.2, -0.15) is 5.10 Å². The van der Waals surface area contributed by atoms with Gasteiger partial charge in [0.25, 0.3) is 5.91 Å². The predicted molar refractivity (Wildman–Crippen MR) is 100 cm³/mol. The van der Waals surface area contributed by atoms with Gasteiger partial charge in [0.1, 0.15) is 5.82 Å². The lowest BCUT2D eigenvalue weighted by Gasteiger charge is -2.40. The van der Waals surface area contributed by atoms with Crippen molar-refractivity contribution in [2.75, 3.05) is 20.1 Å². The summed E-state index contributed by atoms with van der Waals surface area (Å²) >= 11 is 0. The van der Waals surface area contributed by atoms with Gasteiger partial charge < -0.3 is 10.0 Å². The minimum absolute atomic E-state index is 0.257. The van der Waals surface area contributed by atoms with E-state index in [0.29, 0.717) is 26.1 Å². The van der Waals surface area contributed by atoms with Gasteiger partial charge >= 0.3 is 0 Å². The van der Waals surface area contributed by atoms with Crippen LogP contribution in [0, 0.1) is 12.7 Å². The molecule has 0 spiro atoms. The Morgan fingerprint density at radius 2 is 2.04 bits per heavy atom. The zero-order valence-electron chi connectivity index (χ0n) is 16.2. The van der Waals surface area contributed by atoms with E-state index in [1.165, 1.54) is 12.1 Å². The Bertz CT molecular complexity index is 805. The average molecular weight is 374 g/mol. The number of halogens is 1. The maximum Gasteiger partial charge on any atom is 0.256 e. The van der Waals surface area contributed by atoms with E-state index >= 15 is 0 Å². The lowest BCUT2D eigenvalue weighted by molar-refractivity contribution is -0.160. The molecule has 1 atom stereocenters. The number of likely N-dealkylation sites (N-methyl/N-ethyl adjacent to an activating group) is 1. The van der Waals surface area contributed by atoms with Crippen LogP contribution in [-0.2, 0) is 24.9 Å². The number of aliphatic hydroxyl groups is 1. The number of hydrogen-bond donors (Lipinski definition) is 1. The third-order valence-electron chi connectivity index (χ3n) is 5.08. The van der Waals surface area contributed by atoms with Crippen LogP contribution in [0.3, 0.4) is 0 Å². The summed E-state index contributed by atoms with van der Waals surface area (Å²) in [6.07, 6.45) is 3.14. The number of amides is 1. The Kier molecular flexibility index (Phi) is 5.62. The van der Waals surface area contributed by atoms with E-state index in [-0.39, 0.29) is 18.3 Å². The van der Waals surface area contributed by atoms with Gasteiger partial charge in [0, 0.05) is 45.0 Å². The van der Waals surface area contributed by atoms with Crippen LogP contribution in [0.5, 0.6) is 0 Å². The monoisotopic (exact) mass is 374 g/mol. The maximum atomic E-state index is 13.1. The van der Waals surface area contributed by atoms with Crippen LogP contribution in [0.2, 0.25) is 0 Å². The number of aryl methyl sites for hydroxylation is 2. The van der Waals surface area contributed by atoms with Crippen molar-refractivity contribution in [1.82, 2.24) is 19.6 Å². The predicted octanol–water partition coefficient (Wildman–Crippen LogP) is 1.85. The highest BCUT2D eigenvalue weighted by molar-refractivity contribution is 5.86. The number of rotatable bonds is 6. The number of benzene rings is 1. The molecule has 1 saturated heterocycles. The molecule has 6 nitrogen and oxygen atoms in total. The van der Waals surface area contributed by atoms with Crippen molar-refractivity contribution in [3.8, 4) is 0 Å². The summed E-state index contributed by atoms with van der Waals surface area (Å²) < 4.78 is 14.9. The molecule has 2 aromatic rings. The lowest BCUT2D eigenvalue weighted by atomic mass is 9.90. The molecule has 0 unspecified atom stereocenters. The molecule has 3 rings (SSSR count). The Morgan fingerprint density at radius 1 is 1.33 bits per heavy atom. The van der Waals surface area contributed by atoms with E-state index in [1.54, 1.807) is 21.7 Å². The molecule has 1 aromatic heterocycles. The van der Waals surface area contributed by atoms with Crippen LogP contribution >= 0.6 is 0 Å². The van der Waals surface area contributed by atoms with E-state index in [4.69, 9.17) is 0 Å². The first-order valence-electron chi connectivity index (χ1n) is 9.21. The summed E-state index contributed by atoms with van der Waals surface area (Å²) in [6, 6.07) is 6.13. The molecule has 1 aliphatic rings. The fraction of sp³-hybridized carbons (Fsp3) is 0.500. The molecule has 1 aromatic carbocycles. The minimum atomic E-state index is -1.40. The van der Waals surface area contributed by atoms with Crippen molar-refractivity contribution < 1.29 is 14.3 Å². The van der Waals surface area contributed by atoms with E-state index < -0.39 is 5.60 Å². The second kappa shape index (κ2) is 7.78. The highest BCUT2D eigenvalue weighted by atomic mass is 19.1. The minimum Gasteiger partial charge on any atom is -0.379 e. The first-order valence-corrected chi connectivity index (χ1v) is 9.21. The first-order chi connectivity index (χ1) is 12.8. The quantitative estimate of drug-likeness (QED) is 0.838. The Morgan fingerprint density at radius 3 is 2.67 bits per heavy atom. The molecular weight excluding hydrogens is 347 g/mol. The van der Waals surface area contributed by atoms with Crippen molar-refractivity contribution in [2.45, 2.75) is 38.5 Å². The molecule has 0 bridgehead atoms. The smallest absolute Gasteiger partial charge is 0.256 e. The fourth-order valence-electron chi connectivity index (χ4n) is 3.77. The Hall–Kier alpha value is -2.25. The van der Waals surface area contributed by atoms with Crippen LogP contribution in [0.4, 0.5) is 4.39 Å². The molecule has 1 amide bonds. The number of piperidine rings is 1. The maximum absolute atomic E-state index is 13.1. The molecule has 0 aliphatic carbocycles. The normalized spacial score (nSPS) is 20.5. The zero-order valence-corrected chi connectivity index (χ0v) is 16.2. The summed E-state index contributed by atoms with van der Waals surface area (Å²) in [5.41, 5.74) is 1.48. The summed E-state index contributed by atoms with van der Waals surface area (Å²) in [7, 11) is 3.78. The third-order valence-corrected chi connectivity index (χ3v) is 5.08. The van der Waals surface area contributed by atoms with Crippen LogP contribution in [0.25, 0.3) is 0 Å². The van der Waals surface area contributed by atoms with Crippen LogP contribution in [0.1, 0.15) is 29.7 Å². The lowest BCUT2D eigenvalue weighted by Crippen LogP contribution is -2.57. The second-order valence-corrected chi connectivity index (χ2v) is 7.57. The topological polar surface area (TPSA) is 61.6 Å². The molecule has 1 fully saturated rings. The van der Waals surface area contributed by atoms with Crippen LogP contribution in [-0.4, -0.2) is 56.3 Å². The molecule has 0 saturated carbocycles. The number of hydrogen-bond acceptors (Lipinski definition) is 4. The van der Waals surface area contributed by atoms with Crippen molar-refractivity contribution >= 4 is 5.91 Å². The Balaban J connectivity index is 1.65. The number of carbonyl (C=O) groups excluding carboxylic acids is 1. The standard InChI is InChI=1S/C20H27FN4O2/c1-15-17(13-24(3)22-15)12-23(2)14-20(27)9-4-10-25(19(20)26)11-16-5-7-18(21)8-6-16/h5-8,13,27H,4,9-12,14H2,1-3H3/t20-/m0/s1. The van der Waals surface area contributed by atoms with Gasteiger partial charge in [-0.25, -0.2) is 4.39 Å². The second-order valence-electron chi connectivity index (χ2n) is 7.57. The number of carbonyl (C=O) groups is 1. The van der Waals surface area contributed by atoms with E-state index in [0.717, 1.165) is 23.2 Å². The molecule has 2 heterocycles. The van der Waals surface area contributed by atoms with Crippen molar-refractivity contribution in [2.24, 2.45) is 7.05 Å². The average Bonchev–Trinajstić information content (AvgIpc) is 2.91. The molecule has 7 heteroatoms. The molecule has 146 valence electrons. The van der Waals surface area contributed by atoms with Crippen LogP contribution < -0.4 is 0 Å². The van der Waals surface area contributed by atoms with Gasteiger partial charge in [0.15, 0.2) is 5.60 Å². The molecule has 1 N–H and O–H groups in total. The zero-order chi connectivity index (χ0) is 19.6. The van der Waals surface area contributed by atoms with Gasteiger partial charge in [-0.3, -0.25) is 14.4 Å². The van der Waals surface area contributed by atoms with Gasteiger partial charge in [-0.1, -0.05) is 12.1 Å². The molecule has 0 radical (unpaired) electrons. The highest BCUT2D eigenvalue weighted by Gasteiger charge is 2.42. The number of nitrogens with zero attached hydrogens (tertiary/aromatic N) is 4. The largest absolute Gasteiger partial charge is 0.379 e. The van der Waals surface area contributed by atoms with E-state index in [1.807, 2.05) is 32.1 Å². The third kappa shape index (κ3) is 4.54. The summed E-state index contributed by atoms with van der Waals surface area (Å²) in [4.78, 5) is 16.6. The molecule has 1 aliphatic heterocycles. The number of likely N-dealkylation sites (tertiary alicyclic amines) is 1. The first kappa shape index (κ1) is 19.5. The summed E-state index contributed by atoms with van der Waals surface area (Å²) in [6.45, 7) is 3.82. The Labute approximate surface area is 159 Å². The van der Waals surface area contributed by atoms with E-state index in [2.05, 4.69) is 5.10 Å². The van der Waals surface area contributed by atoms with Crippen molar-refractivity contribution in [3.05, 3.63) is 53.1 Å². The van der Waals surface area contributed by atoms with Crippen LogP contribution in [0.15, 0.2) is 30.5 Å². The highest BCUT2D eigenvalue weighted by Crippen LogP contribution is 2.26. The SMILES string of the molecule is Cc1nn(C)cc1CN(C)C[C@@]1(O)CCCN(Cc2ccc(F)cc2)C1=O. The van der Waals surface area contributed by atoms with Gasteiger partial charge in [-0.05, 0) is 44.5 Å².